The van der Waals surface area contributed by atoms with Gasteiger partial charge in [0.25, 0.3) is 0 Å². The Bertz CT molecular complexity index is 436. The van der Waals surface area contributed by atoms with E-state index in [0.717, 1.165) is 19.3 Å². The first-order valence-corrected chi connectivity index (χ1v) is 10.3. The average Bonchev–Trinajstić information content (AvgIpc) is 2.63. The molecule has 0 aromatic heterocycles. The van der Waals surface area contributed by atoms with Gasteiger partial charge in [0, 0.05) is 12.8 Å². The molecule has 1 rings (SSSR count). The SMILES string of the molecule is [CH2]CCCC(=O)OCCc1ccc(CCCCCCCCCC)cc1. The van der Waals surface area contributed by atoms with Crippen LogP contribution in [0, 0.1) is 6.92 Å². The van der Waals surface area contributed by atoms with E-state index in [2.05, 4.69) is 38.1 Å². The summed E-state index contributed by atoms with van der Waals surface area (Å²) in [5.74, 6) is -0.102. The Hall–Kier alpha value is -1.31. The molecule has 0 unspecified atom stereocenters. The molecule has 1 aromatic carbocycles. The van der Waals surface area contributed by atoms with Crippen molar-refractivity contribution >= 4 is 5.97 Å². The Kier molecular flexibility index (Phi) is 13.0. The summed E-state index contributed by atoms with van der Waals surface area (Å²) in [4.78, 5) is 11.4. The van der Waals surface area contributed by atoms with Crippen molar-refractivity contribution in [3.05, 3.63) is 42.3 Å². The van der Waals surface area contributed by atoms with Crippen molar-refractivity contribution < 1.29 is 9.53 Å². The number of hydrogen-bond acceptors (Lipinski definition) is 2. The van der Waals surface area contributed by atoms with Crippen molar-refractivity contribution in [3.8, 4) is 0 Å². The zero-order valence-corrected chi connectivity index (χ0v) is 16.2. The second-order valence-corrected chi connectivity index (χ2v) is 6.97. The summed E-state index contributed by atoms with van der Waals surface area (Å²) in [7, 11) is 0. The highest BCUT2D eigenvalue weighted by molar-refractivity contribution is 5.69. The van der Waals surface area contributed by atoms with E-state index in [1.54, 1.807) is 0 Å². The number of ether oxygens (including phenoxy) is 1. The van der Waals surface area contributed by atoms with Crippen molar-refractivity contribution in [1.82, 2.24) is 0 Å². The van der Waals surface area contributed by atoms with Gasteiger partial charge in [-0.2, -0.15) is 0 Å². The van der Waals surface area contributed by atoms with Gasteiger partial charge in [-0.3, -0.25) is 4.79 Å². The number of hydrogen-bond donors (Lipinski definition) is 0. The molecule has 0 bridgehead atoms. The number of esters is 1. The van der Waals surface area contributed by atoms with Gasteiger partial charge in [0.1, 0.15) is 0 Å². The first-order chi connectivity index (χ1) is 12.3. The molecule has 0 aliphatic heterocycles. The topological polar surface area (TPSA) is 26.3 Å². The smallest absolute Gasteiger partial charge is 0.305 e. The van der Waals surface area contributed by atoms with Crippen LogP contribution < -0.4 is 0 Å². The second kappa shape index (κ2) is 15.0. The van der Waals surface area contributed by atoms with E-state index >= 15 is 0 Å². The zero-order valence-electron chi connectivity index (χ0n) is 16.2. The lowest BCUT2D eigenvalue weighted by molar-refractivity contribution is -0.143. The molecule has 0 atom stereocenters. The van der Waals surface area contributed by atoms with Gasteiger partial charge in [0.15, 0.2) is 0 Å². The summed E-state index contributed by atoms with van der Waals surface area (Å²) in [6.45, 7) is 6.48. The van der Waals surface area contributed by atoms with Crippen LogP contribution in [-0.4, -0.2) is 12.6 Å². The average molecular weight is 346 g/mol. The molecule has 0 aliphatic rings. The third-order valence-corrected chi connectivity index (χ3v) is 4.63. The fourth-order valence-electron chi connectivity index (χ4n) is 2.96. The van der Waals surface area contributed by atoms with Gasteiger partial charge >= 0.3 is 5.97 Å². The highest BCUT2D eigenvalue weighted by Crippen LogP contribution is 2.12. The number of benzene rings is 1. The summed E-state index contributed by atoms with van der Waals surface area (Å²) < 4.78 is 5.24. The fraction of sp³-hybridized carbons (Fsp3) is 0.652. The molecule has 0 heterocycles. The number of carbonyl (C=O) groups excluding carboxylic acids is 1. The lowest BCUT2D eigenvalue weighted by atomic mass is 10.0. The standard InChI is InChI=1S/C23H37O2/c1-3-5-7-8-9-10-11-12-13-21-15-17-22(18-16-21)19-20-25-23(24)14-6-4-2/h15-18H,2-14,19-20H2,1H3. The van der Waals surface area contributed by atoms with E-state index in [9.17, 15) is 4.79 Å². The van der Waals surface area contributed by atoms with Gasteiger partial charge < -0.3 is 4.74 Å². The molecular formula is C23H37O2. The minimum Gasteiger partial charge on any atom is -0.465 e. The Labute approximate surface area is 155 Å². The Morgan fingerprint density at radius 1 is 0.840 bits per heavy atom. The minimum absolute atomic E-state index is 0.102. The maximum Gasteiger partial charge on any atom is 0.305 e. The lowest BCUT2D eigenvalue weighted by Crippen LogP contribution is -2.07. The molecule has 2 heteroatoms. The predicted octanol–water partition coefficient (Wildman–Crippen LogP) is 6.46. The molecule has 1 aromatic rings. The summed E-state index contributed by atoms with van der Waals surface area (Å²) >= 11 is 0. The quantitative estimate of drug-likeness (QED) is 0.269. The Morgan fingerprint density at radius 2 is 1.40 bits per heavy atom. The molecule has 0 fully saturated rings. The second-order valence-electron chi connectivity index (χ2n) is 6.97. The molecule has 0 aliphatic carbocycles. The summed E-state index contributed by atoms with van der Waals surface area (Å²) in [5.41, 5.74) is 2.66. The first kappa shape index (κ1) is 21.7. The maximum atomic E-state index is 11.4. The molecule has 2 nitrogen and oxygen atoms in total. The highest BCUT2D eigenvalue weighted by Gasteiger charge is 2.02. The molecule has 0 N–H and O–H groups in total. The number of carbonyl (C=O) groups is 1. The molecule has 25 heavy (non-hydrogen) atoms. The van der Waals surface area contributed by atoms with Crippen molar-refractivity contribution in [1.29, 1.82) is 0 Å². The van der Waals surface area contributed by atoms with E-state index in [-0.39, 0.29) is 5.97 Å². The molecule has 0 saturated heterocycles. The van der Waals surface area contributed by atoms with Crippen LogP contribution in [0.1, 0.15) is 88.7 Å². The fourth-order valence-corrected chi connectivity index (χ4v) is 2.96. The van der Waals surface area contributed by atoms with Gasteiger partial charge in [-0.1, -0.05) is 89.5 Å². The minimum atomic E-state index is -0.102. The van der Waals surface area contributed by atoms with Crippen LogP contribution in [0.4, 0.5) is 0 Å². The highest BCUT2D eigenvalue weighted by atomic mass is 16.5. The molecule has 141 valence electrons. The van der Waals surface area contributed by atoms with Crippen molar-refractivity contribution in [3.63, 3.8) is 0 Å². The van der Waals surface area contributed by atoms with Crippen LogP contribution in [-0.2, 0) is 22.4 Å². The monoisotopic (exact) mass is 345 g/mol. The zero-order chi connectivity index (χ0) is 18.2. The summed E-state index contributed by atoms with van der Waals surface area (Å²) in [6, 6.07) is 8.79. The van der Waals surface area contributed by atoms with Crippen LogP contribution >= 0.6 is 0 Å². The first-order valence-electron chi connectivity index (χ1n) is 10.3. The third kappa shape index (κ3) is 11.8. The van der Waals surface area contributed by atoms with Gasteiger partial charge in [-0.15, -0.1) is 0 Å². The van der Waals surface area contributed by atoms with Crippen LogP contribution in [0.5, 0.6) is 0 Å². The van der Waals surface area contributed by atoms with Crippen LogP contribution in [0.15, 0.2) is 24.3 Å². The van der Waals surface area contributed by atoms with Gasteiger partial charge in [0.05, 0.1) is 6.61 Å². The predicted molar refractivity (Wildman–Crippen MR) is 107 cm³/mol. The van der Waals surface area contributed by atoms with Gasteiger partial charge in [-0.05, 0) is 30.4 Å². The van der Waals surface area contributed by atoms with E-state index in [4.69, 9.17) is 4.74 Å². The maximum absolute atomic E-state index is 11.4. The van der Waals surface area contributed by atoms with Crippen LogP contribution in [0.3, 0.4) is 0 Å². The van der Waals surface area contributed by atoms with Crippen molar-refractivity contribution in [2.24, 2.45) is 0 Å². The number of rotatable bonds is 15. The largest absolute Gasteiger partial charge is 0.465 e. The lowest BCUT2D eigenvalue weighted by Gasteiger charge is -2.06. The third-order valence-electron chi connectivity index (χ3n) is 4.63. The molecule has 0 spiro atoms. The Morgan fingerprint density at radius 3 is 2.00 bits per heavy atom. The number of aryl methyl sites for hydroxylation is 1. The molecular weight excluding hydrogens is 308 g/mol. The van der Waals surface area contributed by atoms with Crippen molar-refractivity contribution in [2.75, 3.05) is 6.61 Å². The van der Waals surface area contributed by atoms with E-state index < -0.39 is 0 Å². The van der Waals surface area contributed by atoms with Gasteiger partial charge in [0.2, 0.25) is 0 Å². The summed E-state index contributed by atoms with van der Waals surface area (Å²) in [6.07, 6.45) is 15.0. The number of unbranched alkanes of at least 4 members (excludes halogenated alkanes) is 8. The molecule has 1 radical (unpaired) electrons. The van der Waals surface area contributed by atoms with E-state index in [0.29, 0.717) is 13.0 Å². The van der Waals surface area contributed by atoms with Crippen LogP contribution in [0.25, 0.3) is 0 Å². The van der Waals surface area contributed by atoms with Crippen LogP contribution in [0.2, 0.25) is 0 Å². The van der Waals surface area contributed by atoms with E-state index in [1.165, 1.54) is 68.9 Å². The van der Waals surface area contributed by atoms with Crippen molar-refractivity contribution in [2.45, 2.75) is 90.4 Å². The van der Waals surface area contributed by atoms with Gasteiger partial charge in [-0.25, -0.2) is 0 Å². The summed E-state index contributed by atoms with van der Waals surface area (Å²) in [5, 5.41) is 0. The van der Waals surface area contributed by atoms with E-state index in [1.807, 2.05) is 0 Å². The molecule has 0 amide bonds. The molecule has 0 saturated carbocycles. The normalized spacial score (nSPS) is 10.8. The Balaban J connectivity index is 2.08.